The number of carboxylic acid groups (broad SMARTS) is 1. The lowest BCUT2D eigenvalue weighted by Crippen LogP contribution is -2.45. The van der Waals surface area contributed by atoms with Crippen LogP contribution in [0.25, 0.3) is 0 Å². The molecule has 3 aliphatic rings. The molecule has 182 valence electrons. The van der Waals surface area contributed by atoms with Crippen LogP contribution in [0, 0.1) is 10.8 Å². The maximum Gasteiger partial charge on any atom is 0.323 e. The first-order valence-corrected chi connectivity index (χ1v) is 12.6. The summed E-state index contributed by atoms with van der Waals surface area (Å²) in [5, 5.41) is 9.79. The molecule has 0 bridgehead atoms. The molecule has 1 aromatic rings. The van der Waals surface area contributed by atoms with E-state index in [1.807, 2.05) is 52.8 Å². The van der Waals surface area contributed by atoms with Crippen molar-refractivity contribution in [3.05, 3.63) is 50.8 Å². The number of hydrogen-bond acceptors (Lipinski definition) is 5. The van der Waals surface area contributed by atoms with Gasteiger partial charge in [-0.3, -0.25) is 14.4 Å². The predicted molar refractivity (Wildman–Crippen MR) is 132 cm³/mol. The number of Topliss-reactive ketones (excluding diaryl/α,β-unsaturated/α-hetero) is 2. The maximum absolute atomic E-state index is 13.7. The van der Waals surface area contributed by atoms with E-state index in [4.69, 9.17) is 4.74 Å². The largest absolute Gasteiger partial charge is 0.494 e. The van der Waals surface area contributed by atoms with Gasteiger partial charge in [-0.05, 0) is 48.8 Å². The van der Waals surface area contributed by atoms with E-state index in [1.165, 1.54) is 0 Å². The van der Waals surface area contributed by atoms with Gasteiger partial charge < -0.3 is 14.7 Å². The van der Waals surface area contributed by atoms with Crippen molar-refractivity contribution in [1.29, 1.82) is 0 Å². The normalized spacial score (nSPS) is 22.0. The average Bonchev–Trinajstić information content (AvgIpc) is 2.68. The number of carboxylic acids is 1. The van der Waals surface area contributed by atoms with Crippen LogP contribution in [-0.4, -0.2) is 40.7 Å². The Balaban J connectivity index is 2.05. The third-order valence-electron chi connectivity index (χ3n) is 6.90. The van der Waals surface area contributed by atoms with Crippen molar-refractivity contribution in [3.8, 4) is 5.75 Å². The van der Waals surface area contributed by atoms with Gasteiger partial charge in [0, 0.05) is 51.3 Å². The Hall–Kier alpha value is -2.41. The fourth-order valence-corrected chi connectivity index (χ4v) is 6.10. The third kappa shape index (κ3) is 4.47. The fraction of sp³-hybridized carbons (Fsp3) is 0.519. The summed E-state index contributed by atoms with van der Waals surface area (Å²) in [7, 11) is 0. The molecule has 4 rings (SSSR count). The van der Waals surface area contributed by atoms with Crippen molar-refractivity contribution >= 4 is 33.5 Å². The molecule has 0 fully saturated rings. The molecular formula is C27H32BrNO5. The second-order valence-electron chi connectivity index (χ2n) is 11.1. The molecule has 0 saturated carbocycles. The van der Waals surface area contributed by atoms with Crippen molar-refractivity contribution in [2.45, 2.75) is 66.2 Å². The van der Waals surface area contributed by atoms with Gasteiger partial charge in [0.1, 0.15) is 12.3 Å². The van der Waals surface area contributed by atoms with Crippen LogP contribution in [0.2, 0.25) is 0 Å². The van der Waals surface area contributed by atoms with Gasteiger partial charge in [0.25, 0.3) is 0 Å². The molecule has 0 unspecified atom stereocenters. The maximum atomic E-state index is 13.7. The first-order chi connectivity index (χ1) is 15.8. The van der Waals surface area contributed by atoms with Crippen molar-refractivity contribution in [3.63, 3.8) is 0 Å². The summed E-state index contributed by atoms with van der Waals surface area (Å²) < 4.78 is 6.78. The van der Waals surface area contributed by atoms with Gasteiger partial charge in [0.15, 0.2) is 11.6 Å². The Morgan fingerprint density at radius 2 is 1.56 bits per heavy atom. The molecule has 0 aromatic heterocycles. The smallest absolute Gasteiger partial charge is 0.323 e. The van der Waals surface area contributed by atoms with Gasteiger partial charge in [-0.2, -0.15) is 0 Å². The molecule has 0 saturated heterocycles. The molecule has 1 aromatic carbocycles. The summed E-state index contributed by atoms with van der Waals surface area (Å²) in [6.45, 7) is 10.2. The molecule has 2 aliphatic carbocycles. The van der Waals surface area contributed by atoms with Gasteiger partial charge in [0.05, 0.1) is 6.61 Å². The number of benzene rings is 1. The van der Waals surface area contributed by atoms with Crippen molar-refractivity contribution < 1.29 is 24.2 Å². The minimum absolute atomic E-state index is 0.0294. The van der Waals surface area contributed by atoms with Crippen molar-refractivity contribution in [2.24, 2.45) is 10.8 Å². The Labute approximate surface area is 209 Å². The SMILES string of the molecule is CCOc1ccc(Br)cc1C1C2=C(CC(C)(C)CC2=O)N(CC(=O)O)C2=C1C(=O)CC(C)(C)C2. The molecule has 0 amide bonds. The van der Waals surface area contributed by atoms with Crippen molar-refractivity contribution in [1.82, 2.24) is 4.90 Å². The minimum Gasteiger partial charge on any atom is -0.494 e. The minimum atomic E-state index is -0.985. The number of carbonyl (C=O) groups is 3. The quantitative estimate of drug-likeness (QED) is 0.532. The summed E-state index contributed by atoms with van der Waals surface area (Å²) in [6.07, 6.45) is 1.84. The average molecular weight is 530 g/mol. The van der Waals surface area contributed by atoms with Crippen LogP contribution in [-0.2, 0) is 14.4 Å². The predicted octanol–water partition coefficient (Wildman–Crippen LogP) is 5.62. The highest BCUT2D eigenvalue weighted by molar-refractivity contribution is 9.10. The van der Waals surface area contributed by atoms with Crippen LogP contribution >= 0.6 is 15.9 Å². The zero-order chi connectivity index (χ0) is 25.0. The van der Waals surface area contributed by atoms with Crippen LogP contribution in [0.5, 0.6) is 5.75 Å². The number of hydrogen-bond donors (Lipinski definition) is 1. The summed E-state index contributed by atoms with van der Waals surface area (Å²) in [5.74, 6) is -0.976. The monoisotopic (exact) mass is 529 g/mol. The van der Waals surface area contributed by atoms with Crippen LogP contribution in [0.15, 0.2) is 45.2 Å². The molecule has 0 spiro atoms. The van der Waals surface area contributed by atoms with E-state index in [0.29, 0.717) is 49.2 Å². The molecule has 6 nitrogen and oxygen atoms in total. The van der Waals surface area contributed by atoms with Gasteiger partial charge in [-0.15, -0.1) is 0 Å². The first kappa shape index (κ1) is 24.7. The van der Waals surface area contributed by atoms with E-state index in [2.05, 4.69) is 15.9 Å². The summed E-state index contributed by atoms with van der Waals surface area (Å²) >= 11 is 3.56. The lowest BCUT2D eigenvalue weighted by Gasteiger charge is -2.48. The van der Waals surface area contributed by atoms with E-state index in [-0.39, 0.29) is 28.9 Å². The molecule has 1 N–H and O–H groups in total. The van der Waals surface area contributed by atoms with E-state index >= 15 is 0 Å². The Morgan fingerprint density at radius 1 is 1.03 bits per heavy atom. The van der Waals surface area contributed by atoms with Crippen LogP contribution in [0.4, 0.5) is 0 Å². The highest BCUT2D eigenvalue weighted by Gasteiger charge is 2.49. The molecule has 7 heteroatoms. The van der Waals surface area contributed by atoms with Gasteiger partial charge in [-0.25, -0.2) is 0 Å². The van der Waals surface area contributed by atoms with Gasteiger partial charge >= 0.3 is 5.97 Å². The number of aliphatic carboxylic acids is 1. The highest BCUT2D eigenvalue weighted by atomic mass is 79.9. The Bertz CT molecular complexity index is 1090. The zero-order valence-corrected chi connectivity index (χ0v) is 22.0. The van der Waals surface area contributed by atoms with Gasteiger partial charge in [0.2, 0.25) is 0 Å². The second-order valence-corrected chi connectivity index (χ2v) is 12.0. The van der Waals surface area contributed by atoms with Gasteiger partial charge in [-0.1, -0.05) is 43.6 Å². The third-order valence-corrected chi connectivity index (χ3v) is 7.39. The Morgan fingerprint density at radius 3 is 2.03 bits per heavy atom. The number of ether oxygens (including phenoxy) is 1. The molecule has 0 atom stereocenters. The Kier molecular flexibility index (Phi) is 6.30. The molecule has 1 heterocycles. The molecule has 1 aliphatic heterocycles. The lowest BCUT2D eigenvalue weighted by atomic mass is 9.63. The lowest BCUT2D eigenvalue weighted by molar-refractivity contribution is -0.138. The van der Waals surface area contributed by atoms with E-state index in [0.717, 1.165) is 21.4 Å². The van der Waals surface area contributed by atoms with Crippen LogP contribution < -0.4 is 4.74 Å². The highest BCUT2D eigenvalue weighted by Crippen LogP contribution is 2.55. The summed E-state index contributed by atoms with van der Waals surface area (Å²) in [4.78, 5) is 41.1. The summed E-state index contributed by atoms with van der Waals surface area (Å²) in [6, 6.07) is 5.68. The molecule has 0 radical (unpaired) electrons. The number of halogens is 1. The first-order valence-electron chi connectivity index (χ1n) is 11.8. The van der Waals surface area contributed by atoms with Crippen LogP contribution in [0.3, 0.4) is 0 Å². The number of rotatable bonds is 5. The number of carbonyl (C=O) groups excluding carboxylic acids is 2. The fourth-order valence-electron chi connectivity index (χ4n) is 5.72. The standard InChI is InChI=1S/C27H32BrNO5/c1-6-34-21-8-7-15(28)9-16(21)23-24-17(10-26(2,3)12-19(24)30)29(14-22(32)33)18-11-27(4,5)13-20(31)25(18)23/h7-9,23H,6,10-14H2,1-5H3,(H,32,33). The van der Waals surface area contributed by atoms with E-state index < -0.39 is 11.9 Å². The van der Waals surface area contributed by atoms with Crippen LogP contribution in [0.1, 0.15) is 71.8 Å². The zero-order valence-electron chi connectivity index (χ0n) is 20.5. The number of nitrogens with zero attached hydrogens (tertiary/aromatic N) is 1. The second kappa shape index (κ2) is 8.67. The molecular weight excluding hydrogens is 498 g/mol. The number of allylic oxidation sites excluding steroid dienone is 4. The summed E-state index contributed by atoms with van der Waals surface area (Å²) in [5.41, 5.74) is 2.73. The van der Waals surface area contributed by atoms with E-state index in [9.17, 15) is 19.5 Å². The molecule has 34 heavy (non-hydrogen) atoms. The topological polar surface area (TPSA) is 83.9 Å². The van der Waals surface area contributed by atoms with E-state index in [1.54, 1.807) is 4.90 Å². The number of ketones is 2. The van der Waals surface area contributed by atoms with Crippen molar-refractivity contribution in [2.75, 3.05) is 13.2 Å².